The molecular weight excluding hydrogens is 452 g/mol. The molecule has 0 saturated carbocycles. The van der Waals surface area contributed by atoms with Crippen LogP contribution >= 0.6 is 50.1 Å². The van der Waals surface area contributed by atoms with Crippen LogP contribution in [0.3, 0.4) is 0 Å². The van der Waals surface area contributed by atoms with E-state index in [1.54, 1.807) is 0 Å². The van der Waals surface area contributed by atoms with Crippen LogP contribution in [0.5, 0.6) is 0 Å². The number of nitrogens with zero attached hydrogens (tertiary/aromatic N) is 2. The van der Waals surface area contributed by atoms with Crippen LogP contribution in [0.2, 0.25) is 5.02 Å². The van der Waals surface area contributed by atoms with Crippen molar-refractivity contribution in [1.29, 1.82) is 0 Å². The lowest BCUT2D eigenvalue weighted by atomic mass is 10.0. The van der Waals surface area contributed by atoms with Crippen LogP contribution in [0.4, 0.5) is 0 Å². The van der Waals surface area contributed by atoms with Gasteiger partial charge in [0, 0.05) is 28.1 Å². The molecule has 6 heteroatoms. The number of aromatic nitrogens is 2. The molecule has 0 amide bonds. The maximum Gasteiger partial charge on any atom is 0.0766 e. The fraction of sp³-hybridized carbons (Fsp3) is 0.357. The highest BCUT2D eigenvalue weighted by Gasteiger charge is 2.18. The molecule has 20 heavy (non-hydrogen) atoms. The van der Waals surface area contributed by atoms with Gasteiger partial charge in [0.1, 0.15) is 0 Å². The van der Waals surface area contributed by atoms with E-state index in [0.29, 0.717) is 5.02 Å². The minimum atomic E-state index is -0.1000. The number of hydrogen-bond acceptors (Lipinski definition) is 2. The Balaban J connectivity index is 2.30. The number of hydrogen-bond donors (Lipinski definition) is 1. The van der Waals surface area contributed by atoms with Gasteiger partial charge in [-0.15, -0.1) is 0 Å². The van der Waals surface area contributed by atoms with Gasteiger partial charge in [-0.2, -0.15) is 5.10 Å². The van der Waals surface area contributed by atoms with Crippen LogP contribution in [0.25, 0.3) is 0 Å². The van der Waals surface area contributed by atoms with Gasteiger partial charge in [-0.25, -0.2) is 0 Å². The fourth-order valence-electron chi connectivity index (χ4n) is 2.16. The smallest absolute Gasteiger partial charge is 0.0766 e. The Morgan fingerprint density at radius 1 is 1.50 bits per heavy atom. The molecule has 2 N–H and O–H groups in total. The second-order valence-electron chi connectivity index (χ2n) is 4.66. The highest BCUT2D eigenvalue weighted by molar-refractivity contribution is 14.1. The number of rotatable bonds is 4. The van der Waals surface area contributed by atoms with E-state index in [4.69, 9.17) is 17.3 Å². The molecule has 1 atom stereocenters. The number of benzene rings is 1. The average molecular weight is 469 g/mol. The van der Waals surface area contributed by atoms with E-state index in [2.05, 4.69) is 50.5 Å². The van der Waals surface area contributed by atoms with Crippen molar-refractivity contribution in [3.05, 3.63) is 48.2 Å². The van der Waals surface area contributed by atoms with Crippen LogP contribution in [0.15, 0.2) is 22.7 Å². The number of nitrogens with two attached hydrogens (primary N) is 1. The quantitative estimate of drug-likeness (QED) is 0.682. The Bertz CT molecular complexity index is 627. The van der Waals surface area contributed by atoms with Crippen LogP contribution in [-0.2, 0) is 19.9 Å². The van der Waals surface area contributed by atoms with E-state index in [1.807, 2.05) is 29.9 Å². The molecular formula is C14H16BrClIN3. The van der Waals surface area contributed by atoms with Gasteiger partial charge in [0.25, 0.3) is 0 Å². The van der Waals surface area contributed by atoms with Gasteiger partial charge in [0.05, 0.1) is 15.9 Å². The van der Waals surface area contributed by atoms with Crippen molar-refractivity contribution in [1.82, 2.24) is 9.78 Å². The second kappa shape index (κ2) is 6.77. The molecule has 1 aromatic heterocycles. The zero-order chi connectivity index (χ0) is 14.9. The van der Waals surface area contributed by atoms with Gasteiger partial charge >= 0.3 is 0 Å². The molecule has 0 aliphatic heterocycles. The summed E-state index contributed by atoms with van der Waals surface area (Å²) in [4.78, 5) is 0. The van der Waals surface area contributed by atoms with Crippen molar-refractivity contribution >= 4 is 50.1 Å². The summed E-state index contributed by atoms with van der Waals surface area (Å²) in [6.45, 7) is 2.09. The maximum absolute atomic E-state index is 6.36. The molecule has 0 fully saturated rings. The Hall–Kier alpha value is -0.110. The monoisotopic (exact) mass is 467 g/mol. The minimum absolute atomic E-state index is 0.1000. The molecule has 1 heterocycles. The molecule has 2 aromatic rings. The Morgan fingerprint density at radius 3 is 2.80 bits per heavy atom. The first-order chi connectivity index (χ1) is 9.43. The molecule has 1 unspecified atom stereocenters. The fourth-order valence-corrected chi connectivity index (χ4v) is 3.85. The number of aryl methyl sites for hydroxylation is 2. The predicted molar refractivity (Wildman–Crippen MR) is 95.1 cm³/mol. The average Bonchev–Trinajstić information content (AvgIpc) is 2.68. The molecule has 0 radical (unpaired) electrons. The molecule has 0 aliphatic carbocycles. The third kappa shape index (κ3) is 3.37. The minimum Gasteiger partial charge on any atom is -0.324 e. The van der Waals surface area contributed by atoms with Crippen LogP contribution in [0.1, 0.15) is 29.9 Å². The molecule has 0 spiro atoms. The van der Waals surface area contributed by atoms with Crippen molar-refractivity contribution in [2.24, 2.45) is 12.8 Å². The normalized spacial score (nSPS) is 12.7. The second-order valence-corrected chi connectivity index (χ2v) is 7.05. The third-order valence-electron chi connectivity index (χ3n) is 3.27. The van der Waals surface area contributed by atoms with Gasteiger partial charge in [-0.1, -0.05) is 18.5 Å². The Morgan fingerprint density at radius 2 is 2.20 bits per heavy atom. The van der Waals surface area contributed by atoms with Crippen LogP contribution in [0, 0.1) is 3.57 Å². The largest absolute Gasteiger partial charge is 0.324 e. The first-order valence-electron chi connectivity index (χ1n) is 6.34. The zero-order valence-electron chi connectivity index (χ0n) is 11.3. The number of halogens is 3. The highest BCUT2D eigenvalue weighted by Crippen LogP contribution is 2.28. The molecule has 0 aliphatic rings. The van der Waals surface area contributed by atoms with E-state index in [-0.39, 0.29) is 6.04 Å². The SMILES string of the molecule is CCc1nn(C)c(CC(N)c2cc(Cl)ccc2I)c1Br. The lowest BCUT2D eigenvalue weighted by Gasteiger charge is -2.15. The van der Waals surface area contributed by atoms with Crippen LogP contribution in [-0.4, -0.2) is 9.78 Å². The van der Waals surface area contributed by atoms with Crippen molar-refractivity contribution < 1.29 is 0 Å². The summed E-state index contributed by atoms with van der Waals surface area (Å²) in [6.07, 6.45) is 1.62. The zero-order valence-corrected chi connectivity index (χ0v) is 15.8. The molecule has 0 bridgehead atoms. The Labute approximate surface area is 146 Å². The summed E-state index contributed by atoms with van der Waals surface area (Å²) in [6, 6.07) is 5.72. The topological polar surface area (TPSA) is 43.8 Å². The summed E-state index contributed by atoms with van der Waals surface area (Å²) in [5.41, 5.74) is 9.61. The molecule has 108 valence electrons. The summed E-state index contributed by atoms with van der Waals surface area (Å²) < 4.78 is 4.10. The Kier molecular flexibility index (Phi) is 5.50. The van der Waals surface area contributed by atoms with Crippen molar-refractivity contribution in [3.63, 3.8) is 0 Å². The van der Waals surface area contributed by atoms with Gasteiger partial charge in [-0.05, 0) is 68.7 Å². The van der Waals surface area contributed by atoms with Gasteiger partial charge in [-0.3, -0.25) is 4.68 Å². The highest BCUT2D eigenvalue weighted by atomic mass is 127. The standard InChI is InChI=1S/C14H16BrClIN3/c1-3-12-14(15)13(20(2)19-12)7-11(18)9-6-8(16)4-5-10(9)17/h4-6,11H,3,7,18H2,1-2H3. The lowest BCUT2D eigenvalue weighted by molar-refractivity contribution is 0.635. The van der Waals surface area contributed by atoms with Gasteiger partial charge < -0.3 is 5.73 Å². The van der Waals surface area contributed by atoms with E-state index in [9.17, 15) is 0 Å². The molecule has 0 saturated heterocycles. The van der Waals surface area contributed by atoms with E-state index in [0.717, 1.165) is 37.8 Å². The molecule has 3 nitrogen and oxygen atoms in total. The summed E-state index contributed by atoms with van der Waals surface area (Å²) in [5, 5.41) is 5.22. The van der Waals surface area contributed by atoms with Crippen LogP contribution < -0.4 is 5.73 Å². The van der Waals surface area contributed by atoms with E-state index in [1.165, 1.54) is 0 Å². The molecule has 2 rings (SSSR count). The van der Waals surface area contributed by atoms with Gasteiger partial charge in [0.2, 0.25) is 0 Å². The summed E-state index contributed by atoms with van der Waals surface area (Å²) in [5.74, 6) is 0. The first kappa shape index (κ1) is 16.3. The van der Waals surface area contributed by atoms with Crippen molar-refractivity contribution in [2.45, 2.75) is 25.8 Å². The van der Waals surface area contributed by atoms with Crippen molar-refractivity contribution in [3.8, 4) is 0 Å². The molecule has 1 aromatic carbocycles. The summed E-state index contributed by atoms with van der Waals surface area (Å²) >= 11 is 12.0. The van der Waals surface area contributed by atoms with Crippen molar-refractivity contribution in [2.75, 3.05) is 0 Å². The van der Waals surface area contributed by atoms with E-state index >= 15 is 0 Å². The van der Waals surface area contributed by atoms with Gasteiger partial charge in [0.15, 0.2) is 0 Å². The maximum atomic E-state index is 6.36. The first-order valence-corrected chi connectivity index (χ1v) is 8.59. The lowest BCUT2D eigenvalue weighted by Crippen LogP contribution is -2.17. The summed E-state index contributed by atoms with van der Waals surface area (Å²) in [7, 11) is 1.95. The predicted octanol–water partition coefficient (Wildman–Crippen LogP) is 4.25. The third-order valence-corrected chi connectivity index (χ3v) is 5.41. The van der Waals surface area contributed by atoms with E-state index < -0.39 is 0 Å².